The van der Waals surface area contributed by atoms with Gasteiger partial charge >= 0.3 is 5.97 Å². The van der Waals surface area contributed by atoms with Crippen LogP contribution in [0.3, 0.4) is 0 Å². The van der Waals surface area contributed by atoms with Crippen LogP contribution in [-0.4, -0.2) is 30.6 Å². The van der Waals surface area contributed by atoms with E-state index in [1.807, 2.05) is 0 Å². The standard InChI is InChI=1S/C19H18FNO4/c1-25-16-8-4-5-12(18(16)20)9-10-17(22)21-11-14(19(23)24)13-6-2-3-7-15(13)21/h2-8,14H,9-11H2,1H3,(H,23,24). The highest BCUT2D eigenvalue weighted by atomic mass is 19.1. The van der Waals surface area contributed by atoms with E-state index < -0.39 is 17.7 Å². The summed E-state index contributed by atoms with van der Waals surface area (Å²) in [4.78, 5) is 25.5. The van der Waals surface area contributed by atoms with Crippen molar-refractivity contribution in [1.29, 1.82) is 0 Å². The number of ether oxygens (including phenoxy) is 1. The Labute approximate surface area is 144 Å². The van der Waals surface area contributed by atoms with Gasteiger partial charge in [0.15, 0.2) is 11.6 Å². The van der Waals surface area contributed by atoms with Gasteiger partial charge in [0, 0.05) is 18.7 Å². The molecule has 1 unspecified atom stereocenters. The number of para-hydroxylation sites is 1. The van der Waals surface area contributed by atoms with E-state index in [0.29, 0.717) is 16.8 Å². The van der Waals surface area contributed by atoms with Crippen molar-refractivity contribution in [3.05, 3.63) is 59.4 Å². The van der Waals surface area contributed by atoms with Crippen molar-refractivity contribution in [3.63, 3.8) is 0 Å². The van der Waals surface area contributed by atoms with Crippen LogP contribution in [0.5, 0.6) is 5.75 Å². The van der Waals surface area contributed by atoms with Gasteiger partial charge in [-0.25, -0.2) is 4.39 Å². The van der Waals surface area contributed by atoms with E-state index in [1.54, 1.807) is 36.4 Å². The number of methoxy groups -OCH3 is 1. The molecule has 5 nitrogen and oxygen atoms in total. The van der Waals surface area contributed by atoms with Gasteiger partial charge in [0.2, 0.25) is 5.91 Å². The van der Waals surface area contributed by atoms with E-state index in [9.17, 15) is 19.1 Å². The molecule has 1 aliphatic rings. The van der Waals surface area contributed by atoms with Crippen LogP contribution in [0.2, 0.25) is 0 Å². The molecule has 0 saturated carbocycles. The Kier molecular flexibility index (Phi) is 4.70. The summed E-state index contributed by atoms with van der Waals surface area (Å²) in [6.07, 6.45) is 0.309. The zero-order valence-corrected chi connectivity index (χ0v) is 13.7. The number of carbonyl (C=O) groups is 2. The van der Waals surface area contributed by atoms with Gasteiger partial charge in [-0.15, -0.1) is 0 Å². The lowest BCUT2D eigenvalue weighted by Gasteiger charge is -2.17. The van der Waals surface area contributed by atoms with Crippen LogP contribution in [-0.2, 0) is 16.0 Å². The van der Waals surface area contributed by atoms with E-state index in [0.717, 1.165) is 0 Å². The van der Waals surface area contributed by atoms with Crippen LogP contribution in [0.15, 0.2) is 42.5 Å². The molecule has 0 radical (unpaired) electrons. The number of rotatable bonds is 5. The number of hydrogen-bond acceptors (Lipinski definition) is 3. The van der Waals surface area contributed by atoms with Gasteiger partial charge in [-0.1, -0.05) is 30.3 Å². The second kappa shape index (κ2) is 6.93. The molecule has 0 saturated heterocycles. The van der Waals surface area contributed by atoms with Gasteiger partial charge in [-0.3, -0.25) is 9.59 Å². The molecule has 1 heterocycles. The Morgan fingerprint density at radius 2 is 2.00 bits per heavy atom. The Balaban J connectivity index is 1.76. The minimum atomic E-state index is -0.957. The number of carboxylic acids is 1. The van der Waals surface area contributed by atoms with Gasteiger partial charge < -0.3 is 14.7 Å². The number of carboxylic acid groups (broad SMARTS) is 1. The third-order valence-corrected chi connectivity index (χ3v) is 4.44. The first-order valence-corrected chi connectivity index (χ1v) is 7.96. The zero-order valence-electron chi connectivity index (χ0n) is 13.7. The minimum Gasteiger partial charge on any atom is -0.494 e. The molecule has 25 heavy (non-hydrogen) atoms. The number of anilines is 1. The van der Waals surface area contributed by atoms with Crippen molar-refractivity contribution in [1.82, 2.24) is 0 Å². The molecule has 1 atom stereocenters. The Morgan fingerprint density at radius 1 is 1.24 bits per heavy atom. The maximum Gasteiger partial charge on any atom is 0.312 e. The molecule has 1 aliphatic heterocycles. The summed E-state index contributed by atoms with van der Waals surface area (Å²) in [5.74, 6) is -2.24. The van der Waals surface area contributed by atoms with Gasteiger partial charge in [-0.05, 0) is 29.7 Å². The molecular formula is C19H18FNO4. The van der Waals surface area contributed by atoms with Gasteiger partial charge in [0.05, 0.1) is 7.11 Å². The van der Waals surface area contributed by atoms with E-state index in [4.69, 9.17) is 4.74 Å². The molecule has 2 aromatic rings. The van der Waals surface area contributed by atoms with E-state index in [1.165, 1.54) is 18.1 Å². The van der Waals surface area contributed by atoms with Crippen molar-refractivity contribution in [2.45, 2.75) is 18.8 Å². The quantitative estimate of drug-likeness (QED) is 0.906. The average Bonchev–Trinajstić information content (AvgIpc) is 3.00. The summed E-state index contributed by atoms with van der Waals surface area (Å²) in [6.45, 7) is 0.105. The third kappa shape index (κ3) is 3.20. The first-order chi connectivity index (χ1) is 12.0. The van der Waals surface area contributed by atoms with E-state index in [2.05, 4.69) is 0 Å². The topological polar surface area (TPSA) is 66.8 Å². The molecule has 3 rings (SSSR count). The normalized spacial score (nSPS) is 15.8. The first-order valence-electron chi connectivity index (χ1n) is 7.96. The molecule has 130 valence electrons. The van der Waals surface area contributed by atoms with Gasteiger partial charge in [-0.2, -0.15) is 0 Å². The monoisotopic (exact) mass is 343 g/mol. The summed E-state index contributed by atoms with van der Waals surface area (Å²) < 4.78 is 19.1. The molecule has 0 spiro atoms. The Morgan fingerprint density at radius 3 is 2.72 bits per heavy atom. The number of hydrogen-bond donors (Lipinski definition) is 1. The van der Waals surface area contributed by atoms with Crippen molar-refractivity contribution >= 4 is 17.6 Å². The molecule has 6 heteroatoms. The van der Waals surface area contributed by atoms with E-state index in [-0.39, 0.29) is 31.0 Å². The molecule has 0 aromatic heterocycles. The number of fused-ring (bicyclic) bond motifs is 1. The van der Waals surface area contributed by atoms with Crippen molar-refractivity contribution in [3.8, 4) is 5.75 Å². The maximum absolute atomic E-state index is 14.2. The van der Waals surface area contributed by atoms with Crippen molar-refractivity contribution in [2.75, 3.05) is 18.6 Å². The minimum absolute atomic E-state index is 0.0881. The molecule has 2 aromatic carbocycles. The summed E-state index contributed by atoms with van der Waals surface area (Å²) >= 11 is 0. The first kappa shape index (κ1) is 17.0. The Bertz CT molecular complexity index is 821. The van der Waals surface area contributed by atoms with E-state index >= 15 is 0 Å². The number of halogens is 1. The van der Waals surface area contributed by atoms with Gasteiger partial charge in [0.25, 0.3) is 0 Å². The smallest absolute Gasteiger partial charge is 0.312 e. The zero-order chi connectivity index (χ0) is 18.0. The highest BCUT2D eigenvalue weighted by Gasteiger charge is 2.36. The second-order valence-corrected chi connectivity index (χ2v) is 5.89. The van der Waals surface area contributed by atoms with Crippen LogP contribution >= 0.6 is 0 Å². The average molecular weight is 343 g/mol. The van der Waals surface area contributed by atoms with Crippen molar-refractivity contribution < 1.29 is 23.8 Å². The lowest BCUT2D eigenvalue weighted by atomic mass is 10.0. The summed E-state index contributed by atoms with van der Waals surface area (Å²) in [5.41, 5.74) is 1.65. The molecule has 1 N–H and O–H groups in total. The summed E-state index contributed by atoms with van der Waals surface area (Å²) in [5, 5.41) is 9.36. The number of carbonyl (C=O) groups excluding carboxylic acids is 1. The molecule has 1 amide bonds. The predicted molar refractivity (Wildman–Crippen MR) is 90.4 cm³/mol. The number of nitrogens with zero attached hydrogens (tertiary/aromatic N) is 1. The summed E-state index contributed by atoms with van der Waals surface area (Å²) in [6, 6.07) is 11.8. The SMILES string of the molecule is COc1cccc(CCC(=O)N2CC(C(=O)O)c3ccccc32)c1F. The van der Waals surface area contributed by atoms with Crippen LogP contribution in [0.4, 0.5) is 10.1 Å². The number of aliphatic carboxylic acids is 1. The largest absolute Gasteiger partial charge is 0.494 e. The fourth-order valence-electron chi connectivity index (χ4n) is 3.14. The molecule has 0 aliphatic carbocycles. The van der Waals surface area contributed by atoms with Crippen LogP contribution in [0, 0.1) is 5.82 Å². The van der Waals surface area contributed by atoms with Crippen LogP contribution in [0.1, 0.15) is 23.5 Å². The number of aryl methyl sites for hydroxylation is 1. The molecule has 0 bridgehead atoms. The predicted octanol–water partition coefficient (Wildman–Crippen LogP) is 2.98. The second-order valence-electron chi connectivity index (χ2n) is 5.89. The lowest BCUT2D eigenvalue weighted by molar-refractivity contribution is -0.138. The third-order valence-electron chi connectivity index (χ3n) is 4.44. The van der Waals surface area contributed by atoms with Crippen LogP contribution < -0.4 is 9.64 Å². The lowest BCUT2D eigenvalue weighted by Crippen LogP contribution is -2.31. The van der Waals surface area contributed by atoms with Crippen molar-refractivity contribution in [2.24, 2.45) is 0 Å². The highest BCUT2D eigenvalue weighted by molar-refractivity contribution is 5.99. The highest BCUT2D eigenvalue weighted by Crippen LogP contribution is 2.36. The fourth-order valence-corrected chi connectivity index (χ4v) is 3.14. The van der Waals surface area contributed by atoms with Crippen LogP contribution in [0.25, 0.3) is 0 Å². The maximum atomic E-state index is 14.2. The number of benzene rings is 2. The summed E-state index contributed by atoms with van der Waals surface area (Å²) in [7, 11) is 1.39. The fraction of sp³-hybridized carbons (Fsp3) is 0.263. The molecule has 0 fully saturated rings. The number of amides is 1. The molecular weight excluding hydrogens is 325 g/mol. The van der Waals surface area contributed by atoms with Gasteiger partial charge in [0.1, 0.15) is 5.92 Å². The Hall–Kier alpha value is -2.89.